The Morgan fingerprint density at radius 1 is 1.26 bits per heavy atom. The van der Waals surface area contributed by atoms with E-state index in [1.807, 2.05) is 27.7 Å². The van der Waals surface area contributed by atoms with Crippen LogP contribution in [0.15, 0.2) is 18.2 Å². The van der Waals surface area contributed by atoms with Crippen LogP contribution in [0.4, 0.5) is 10.1 Å². The number of amides is 1. The topological polar surface area (TPSA) is 47.6 Å². The number of rotatable bonds is 4. The molecule has 1 heterocycles. The minimum absolute atomic E-state index is 0.0599. The summed E-state index contributed by atoms with van der Waals surface area (Å²) < 4.78 is 26.1. The van der Waals surface area contributed by atoms with Crippen molar-refractivity contribution >= 4 is 24.2 Å². The van der Waals surface area contributed by atoms with Crippen LogP contribution in [0.25, 0.3) is 0 Å². The molecule has 1 aliphatic carbocycles. The first-order valence-corrected chi connectivity index (χ1v) is 8.13. The van der Waals surface area contributed by atoms with Crippen molar-refractivity contribution in [3.8, 4) is 0 Å². The molecule has 1 N–H and O–H groups in total. The molecule has 0 atom stereocenters. The molecular formula is C17H23BFNO3. The molecule has 0 unspecified atom stereocenters. The first-order chi connectivity index (χ1) is 10.7. The van der Waals surface area contributed by atoms with Gasteiger partial charge in [-0.15, -0.1) is 0 Å². The van der Waals surface area contributed by atoms with E-state index < -0.39 is 24.1 Å². The number of carbonyl (C=O) groups is 1. The lowest BCUT2D eigenvalue weighted by Crippen LogP contribution is -2.41. The Hall–Kier alpha value is -1.40. The van der Waals surface area contributed by atoms with Crippen LogP contribution in [0.2, 0.25) is 0 Å². The Labute approximate surface area is 136 Å². The van der Waals surface area contributed by atoms with Gasteiger partial charge in [-0.1, -0.05) is 6.07 Å². The van der Waals surface area contributed by atoms with Gasteiger partial charge in [0, 0.05) is 17.6 Å². The molecule has 23 heavy (non-hydrogen) atoms. The second-order valence-electron chi connectivity index (χ2n) is 7.52. The predicted molar refractivity (Wildman–Crippen MR) is 88.1 cm³/mol. The monoisotopic (exact) mass is 319 g/mol. The van der Waals surface area contributed by atoms with E-state index in [9.17, 15) is 9.18 Å². The second-order valence-corrected chi connectivity index (χ2v) is 7.52. The Kier molecular flexibility index (Phi) is 4.01. The predicted octanol–water partition coefficient (Wildman–Crippen LogP) is 2.86. The van der Waals surface area contributed by atoms with Gasteiger partial charge >= 0.3 is 7.12 Å². The van der Waals surface area contributed by atoms with E-state index >= 15 is 0 Å². The molecule has 3 rings (SSSR count). The van der Waals surface area contributed by atoms with Crippen LogP contribution in [0.5, 0.6) is 0 Å². The molecule has 0 spiro atoms. The number of hydrogen-bond donors (Lipinski definition) is 1. The maximum Gasteiger partial charge on any atom is 0.497 e. The highest BCUT2D eigenvalue weighted by Gasteiger charge is 2.52. The molecule has 124 valence electrons. The minimum Gasteiger partial charge on any atom is -0.399 e. The smallest absolute Gasteiger partial charge is 0.399 e. The van der Waals surface area contributed by atoms with Crippen LogP contribution in [0.3, 0.4) is 0 Å². The summed E-state index contributed by atoms with van der Waals surface area (Å²) in [7, 11) is -0.740. The highest BCUT2D eigenvalue weighted by atomic mass is 19.1. The quantitative estimate of drug-likeness (QED) is 0.868. The third kappa shape index (κ3) is 3.43. The van der Waals surface area contributed by atoms with Crippen LogP contribution in [-0.2, 0) is 14.1 Å². The number of carbonyl (C=O) groups excluding carboxylic acids is 1. The molecule has 1 saturated carbocycles. The lowest BCUT2D eigenvalue weighted by atomic mass is 9.78. The van der Waals surface area contributed by atoms with Crippen molar-refractivity contribution in [3.05, 3.63) is 24.0 Å². The van der Waals surface area contributed by atoms with E-state index in [4.69, 9.17) is 9.31 Å². The molecule has 0 radical (unpaired) electrons. The van der Waals surface area contributed by atoms with E-state index in [0.29, 0.717) is 23.5 Å². The molecular weight excluding hydrogens is 296 g/mol. The van der Waals surface area contributed by atoms with Gasteiger partial charge in [0.05, 0.1) is 11.2 Å². The van der Waals surface area contributed by atoms with Crippen molar-refractivity contribution in [1.82, 2.24) is 0 Å². The molecule has 2 fully saturated rings. The number of halogens is 1. The molecule has 2 aliphatic rings. The first kappa shape index (κ1) is 16.5. The highest BCUT2D eigenvalue weighted by molar-refractivity contribution is 6.62. The van der Waals surface area contributed by atoms with Gasteiger partial charge in [-0.25, -0.2) is 4.39 Å². The molecule has 1 saturated heterocycles. The Bertz CT molecular complexity index is 612. The van der Waals surface area contributed by atoms with Gasteiger partial charge in [0.25, 0.3) is 0 Å². The summed E-state index contributed by atoms with van der Waals surface area (Å²) in [6.07, 6.45) is 2.74. The average Bonchev–Trinajstić information content (AvgIpc) is 3.17. The Morgan fingerprint density at radius 3 is 2.39 bits per heavy atom. The maximum atomic E-state index is 14.4. The van der Waals surface area contributed by atoms with Gasteiger partial charge in [-0.2, -0.15) is 0 Å². The van der Waals surface area contributed by atoms with Gasteiger partial charge in [0.2, 0.25) is 5.91 Å². The summed E-state index contributed by atoms with van der Waals surface area (Å²) in [5.41, 5.74) is -0.208. The average molecular weight is 319 g/mol. The molecule has 0 bridgehead atoms. The summed E-state index contributed by atoms with van der Waals surface area (Å²) in [4.78, 5) is 11.8. The SMILES string of the molecule is CC1(C)OB(c2ccc(NC(=O)CC3CC3)cc2F)OC1(C)C. The van der Waals surface area contributed by atoms with Crippen LogP contribution in [-0.4, -0.2) is 24.2 Å². The van der Waals surface area contributed by atoms with Crippen molar-refractivity contribution in [2.75, 3.05) is 5.32 Å². The minimum atomic E-state index is -0.740. The number of hydrogen-bond acceptors (Lipinski definition) is 3. The fourth-order valence-electron chi connectivity index (χ4n) is 2.56. The van der Waals surface area contributed by atoms with Crippen molar-refractivity contribution in [1.29, 1.82) is 0 Å². The normalized spacial score (nSPS) is 22.2. The third-order valence-electron chi connectivity index (χ3n) is 4.96. The molecule has 1 aromatic rings. The molecule has 1 amide bonds. The summed E-state index contributed by atoms with van der Waals surface area (Å²) >= 11 is 0. The molecule has 4 nitrogen and oxygen atoms in total. The Balaban J connectivity index is 1.71. The lowest BCUT2D eigenvalue weighted by molar-refractivity contribution is -0.116. The fraction of sp³-hybridized carbons (Fsp3) is 0.588. The fourth-order valence-corrected chi connectivity index (χ4v) is 2.56. The van der Waals surface area contributed by atoms with E-state index in [1.54, 1.807) is 12.1 Å². The van der Waals surface area contributed by atoms with Crippen molar-refractivity contribution < 1.29 is 18.5 Å². The van der Waals surface area contributed by atoms with Gasteiger partial charge in [-0.3, -0.25) is 4.79 Å². The van der Waals surface area contributed by atoms with Gasteiger partial charge in [0.1, 0.15) is 5.82 Å². The van der Waals surface area contributed by atoms with E-state index in [1.165, 1.54) is 6.07 Å². The first-order valence-electron chi connectivity index (χ1n) is 8.13. The molecule has 0 aromatic heterocycles. The van der Waals surface area contributed by atoms with Gasteiger partial charge in [-0.05, 0) is 58.6 Å². The zero-order valence-corrected chi connectivity index (χ0v) is 14.1. The summed E-state index contributed by atoms with van der Waals surface area (Å²) in [5, 5.41) is 2.74. The summed E-state index contributed by atoms with van der Waals surface area (Å²) in [6.45, 7) is 7.71. The van der Waals surface area contributed by atoms with E-state index in [0.717, 1.165) is 12.8 Å². The number of benzene rings is 1. The van der Waals surface area contributed by atoms with Crippen molar-refractivity contribution in [2.45, 2.75) is 58.2 Å². The van der Waals surface area contributed by atoms with Crippen LogP contribution in [0.1, 0.15) is 47.0 Å². The molecule has 6 heteroatoms. The van der Waals surface area contributed by atoms with Crippen LogP contribution < -0.4 is 10.8 Å². The largest absolute Gasteiger partial charge is 0.497 e. The summed E-state index contributed by atoms with van der Waals surface area (Å²) in [5.74, 6) is 0.00637. The van der Waals surface area contributed by atoms with E-state index in [2.05, 4.69) is 5.32 Å². The van der Waals surface area contributed by atoms with Gasteiger partial charge < -0.3 is 14.6 Å². The highest BCUT2D eigenvalue weighted by Crippen LogP contribution is 2.36. The zero-order chi connectivity index (χ0) is 16.8. The van der Waals surface area contributed by atoms with Crippen molar-refractivity contribution in [3.63, 3.8) is 0 Å². The Morgan fingerprint density at radius 2 is 1.87 bits per heavy atom. The number of nitrogens with one attached hydrogen (secondary N) is 1. The zero-order valence-electron chi connectivity index (χ0n) is 14.1. The number of anilines is 1. The van der Waals surface area contributed by atoms with Crippen LogP contribution in [0, 0.1) is 11.7 Å². The standard InChI is InChI=1S/C17H23BFNO3/c1-16(2)17(3,4)23-18(22-16)13-8-7-12(10-14(13)19)20-15(21)9-11-5-6-11/h7-8,10-11H,5-6,9H2,1-4H3,(H,20,21). The van der Waals surface area contributed by atoms with Gasteiger partial charge in [0.15, 0.2) is 0 Å². The lowest BCUT2D eigenvalue weighted by Gasteiger charge is -2.32. The molecule has 1 aromatic carbocycles. The summed E-state index contributed by atoms with van der Waals surface area (Å²) in [6, 6.07) is 4.63. The maximum absolute atomic E-state index is 14.4. The second kappa shape index (κ2) is 5.60. The van der Waals surface area contributed by atoms with E-state index in [-0.39, 0.29) is 5.91 Å². The van der Waals surface area contributed by atoms with Crippen LogP contribution >= 0.6 is 0 Å². The van der Waals surface area contributed by atoms with Crippen molar-refractivity contribution in [2.24, 2.45) is 5.92 Å². The molecule has 1 aliphatic heterocycles. The third-order valence-corrected chi connectivity index (χ3v) is 4.96.